The van der Waals surface area contributed by atoms with Gasteiger partial charge in [-0.25, -0.2) is 14.4 Å². The molecule has 1 unspecified atom stereocenters. The number of amides is 2. The normalized spacial score (nSPS) is 12.8. The largest absolute Gasteiger partial charge is 0.460 e. The van der Waals surface area contributed by atoms with Crippen molar-refractivity contribution in [2.45, 2.75) is 65.2 Å². The SMILES string of the molecule is C=CCOC(=O)C(CCO)N(C(=O)OC(C)(C)C)C(=O)OC(C)(C)C. The van der Waals surface area contributed by atoms with E-state index in [1.54, 1.807) is 41.5 Å². The van der Waals surface area contributed by atoms with Gasteiger partial charge >= 0.3 is 18.2 Å². The van der Waals surface area contributed by atoms with Crippen molar-refractivity contribution in [3.8, 4) is 0 Å². The summed E-state index contributed by atoms with van der Waals surface area (Å²) in [6.45, 7) is 12.6. The summed E-state index contributed by atoms with van der Waals surface area (Å²) in [5.41, 5.74) is -1.79. The third-order valence-electron chi connectivity index (χ3n) is 2.51. The van der Waals surface area contributed by atoms with Crippen LogP contribution in [0.1, 0.15) is 48.0 Å². The van der Waals surface area contributed by atoms with Gasteiger partial charge in [0.05, 0.1) is 0 Å². The van der Waals surface area contributed by atoms with Gasteiger partial charge in [0, 0.05) is 13.0 Å². The number of aliphatic hydroxyl groups is 1. The molecule has 0 aromatic rings. The van der Waals surface area contributed by atoms with Crippen molar-refractivity contribution in [1.82, 2.24) is 4.90 Å². The van der Waals surface area contributed by atoms with Crippen LogP contribution < -0.4 is 0 Å². The molecule has 0 radical (unpaired) electrons. The Morgan fingerprint density at radius 1 is 1.04 bits per heavy atom. The molecule has 0 aliphatic rings. The van der Waals surface area contributed by atoms with Gasteiger partial charge < -0.3 is 19.3 Å². The maximum atomic E-state index is 12.5. The van der Waals surface area contributed by atoms with Crippen LogP contribution in [0.5, 0.6) is 0 Å². The number of rotatable bonds is 6. The van der Waals surface area contributed by atoms with E-state index in [-0.39, 0.29) is 13.0 Å². The van der Waals surface area contributed by atoms with Crippen molar-refractivity contribution in [3.05, 3.63) is 12.7 Å². The van der Waals surface area contributed by atoms with Gasteiger partial charge in [0.25, 0.3) is 0 Å². The minimum Gasteiger partial charge on any atom is -0.460 e. The molecule has 25 heavy (non-hydrogen) atoms. The summed E-state index contributed by atoms with van der Waals surface area (Å²) in [5.74, 6) is -0.870. The number of esters is 1. The predicted octanol–water partition coefficient (Wildman–Crippen LogP) is 2.64. The van der Waals surface area contributed by atoms with E-state index in [1.807, 2.05) is 0 Å². The summed E-state index contributed by atoms with van der Waals surface area (Å²) in [4.78, 5) is 37.7. The lowest BCUT2D eigenvalue weighted by Crippen LogP contribution is -2.52. The minimum absolute atomic E-state index is 0.1000. The Morgan fingerprint density at radius 2 is 1.48 bits per heavy atom. The Balaban J connectivity index is 5.69. The zero-order valence-electron chi connectivity index (χ0n) is 15.8. The van der Waals surface area contributed by atoms with E-state index in [0.29, 0.717) is 4.90 Å². The van der Waals surface area contributed by atoms with Crippen molar-refractivity contribution in [2.75, 3.05) is 13.2 Å². The van der Waals surface area contributed by atoms with Gasteiger partial charge in [-0.15, -0.1) is 0 Å². The van der Waals surface area contributed by atoms with Crippen LogP contribution in [0, 0.1) is 0 Å². The van der Waals surface area contributed by atoms with Crippen LogP contribution in [0.3, 0.4) is 0 Å². The highest BCUT2D eigenvalue weighted by Crippen LogP contribution is 2.19. The summed E-state index contributed by atoms with van der Waals surface area (Å²) in [5, 5.41) is 9.23. The van der Waals surface area contributed by atoms with Gasteiger partial charge in [-0.3, -0.25) is 0 Å². The smallest absolute Gasteiger partial charge is 0.420 e. The minimum atomic E-state index is -1.38. The van der Waals surface area contributed by atoms with Gasteiger partial charge in [-0.2, -0.15) is 4.90 Å². The molecule has 0 saturated heterocycles. The standard InChI is InChI=1S/C17H29NO7/c1-8-11-23-13(20)12(9-10-19)18(14(21)24-16(2,3)4)15(22)25-17(5,6)7/h8,12,19H,1,9-11H2,2-7H3. The van der Waals surface area contributed by atoms with E-state index in [2.05, 4.69) is 6.58 Å². The average molecular weight is 359 g/mol. The summed E-state index contributed by atoms with van der Waals surface area (Å²) < 4.78 is 15.3. The van der Waals surface area contributed by atoms with Crippen LogP contribution in [0.15, 0.2) is 12.7 Å². The molecule has 0 fully saturated rings. The zero-order chi connectivity index (χ0) is 19.8. The molecular formula is C17H29NO7. The van der Waals surface area contributed by atoms with Gasteiger partial charge in [-0.1, -0.05) is 12.7 Å². The van der Waals surface area contributed by atoms with Crippen LogP contribution in [0.2, 0.25) is 0 Å². The molecule has 8 heteroatoms. The third-order valence-corrected chi connectivity index (χ3v) is 2.51. The Bertz CT molecular complexity index is 460. The molecule has 8 nitrogen and oxygen atoms in total. The molecule has 0 saturated carbocycles. The van der Waals surface area contributed by atoms with Crippen molar-refractivity contribution < 1.29 is 33.7 Å². The number of hydrogen-bond acceptors (Lipinski definition) is 7. The van der Waals surface area contributed by atoms with Crippen LogP contribution in [-0.2, 0) is 19.0 Å². The van der Waals surface area contributed by atoms with E-state index >= 15 is 0 Å². The lowest BCUT2D eigenvalue weighted by molar-refractivity contribution is -0.149. The van der Waals surface area contributed by atoms with Crippen LogP contribution in [0.25, 0.3) is 0 Å². The predicted molar refractivity (Wildman–Crippen MR) is 91.0 cm³/mol. The molecule has 0 heterocycles. The maximum absolute atomic E-state index is 12.5. The fourth-order valence-electron chi connectivity index (χ4n) is 1.66. The average Bonchev–Trinajstić information content (AvgIpc) is 2.40. The fourth-order valence-corrected chi connectivity index (χ4v) is 1.66. The molecule has 144 valence electrons. The van der Waals surface area contributed by atoms with E-state index in [1.165, 1.54) is 6.08 Å². The summed E-state index contributed by atoms with van der Waals surface area (Å²) in [7, 11) is 0. The third kappa shape index (κ3) is 9.09. The molecule has 0 bridgehead atoms. The van der Waals surface area contributed by atoms with Gasteiger partial charge in [0.1, 0.15) is 23.9 Å². The first kappa shape index (κ1) is 22.9. The summed E-state index contributed by atoms with van der Waals surface area (Å²) in [6.07, 6.45) is -0.986. The summed E-state index contributed by atoms with van der Waals surface area (Å²) >= 11 is 0. The van der Waals surface area contributed by atoms with Crippen LogP contribution in [-0.4, -0.2) is 58.6 Å². The van der Waals surface area contributed by atoms with Gasteiger partial charge in [0.2, 0.25) is 0 Å². The number of imide groups is 1. The Hall–Kier alpha value is -2.09. The number of aliphatic hydroxyl groups excluding tert-OH is 1. The van der Waals surface area contributed by atoms with Gasteiger partial charge in [0.15, 0.2) is 0 Å². The highest BCUT2D eigenvalue weighted by Gasteiger charge is 2.40. The van der Waals surface area contributed by atoms with E-state index in [9.17, 15) is 19.5 Å². The van der Waals surface area contributed by atoms with Crippen LogP contribution >= 0.6 is 0 Å². The van der Waals surface area contributed by atoms with Crippen LogP contribution in [0.4, 0.5) is 9.59 Å². The number of carbonyl (C=O) groups is 3. The second-order valence-electron chi connectivity index (χ2n) is 7.28. The molecule has 0 aromatic carbocycles. The Kier molecular flexibility index (Phi) is 8.62. The monoisotopic (exact) mass is 359 g/mol. The lowest BCUT2D eigenvalue weighted by atomic mass is 10.1. The van der Waals surface area contributed by atoms with Crippen molar-refractivity contribution in [2.24, 2.45) is 0 Å². The van der Waals surface area contributed by atoms with Crippen molar-refractivity contribution >= 4 is 18.2 Å². The number of hydrogen-bond donors (Lipinski definition) is 1. The molecule has 0 spiro atoms. The first-order valence-corrected chi connectivity index (χ1v) is 7.96. The molecule has 2 amide bonds. The molecule has 0 aliphatic carbocycles. The quantitative estimate of drug-likeness (QED) is 0.442. The highest BCUT2D eigenvalue weighted by atomic mass is 16.6. The zero-order valence-corrected chi connectivity index (χ0v) is 15.8. The van der Waals surface area contributed by atoms with E-state index < -0.39 is 42.0 Å². The summed E-state index contributed by atoms with van der Waals surface area (Å²) in [6, 6.07) is -1.38. The van der Waals surface area contributed by atoms with E-state index in [4.69, 9.17) is 14.2 Å². The maximum Gasteiger partial charge on any atom is 0.420 e. The van der Waals surface area contributed by atoms with Gasteiger partial charge in [-0.05, 0) is 41.5 Å². The topological polar surface area (TPSA) is 102 Å². The lowest BCUT2D eigenvalue weighted by Gasteiger charge is -2.32. The molecule has 0 rings (SSSR count). The second kappa shape index (κ2) is 9.41. The highest BCUT2D eigenvalue weighted by molar-refractivity contribution is 5.94. The molecule has 1 atom stereocenters. The Labute approximate surface area is 148 Å². The second-order valence-corrected chi connectivity index (χ2v) is 7.28. The molecular weight excluding hydrogens is 330 g/mol. The van der Waals surface area contributed by atoms with Crippen molar-refractivity contribution in [3.63, 3.8) is 0 Å². The Morgan fingerprint density at radius 3 is 1.80 bits per heavy atom. The number of nitrogens with zero attached hydrogens (tertiary/aromatic N) is 1. The fraction of sp³-hybridized carbons (Fsp3) is 0.706. The first-order valence-electron chi connectivity index (χ1n) is 7.96. The molecule has 1 N–H and O–H groups in total. The number of carbonyl (C=O) groups excluding carboxylic acids is 3. The number of ether oxygens (including phenoxy) is 3. The van der Waals surface area contributed by atoms with Crippen molar-refractivity contribution in [1.29, 1.82) is 0 Å². The molecule has 0 aromatic heterocycles. The first-order chi connectivity index (χ1) is 11.3. The van der Waals surface area contributed by atoms with E-state index in [0.717, 1.165) is 0 Å². The molecule has 0 aliphatic heterocycles.